The summed E-state index contributed by atoms with van der Waals surface area (Å²) in [6.45, 7) is 0.221. The lowest BCUT2D eigenvalue weighted by molar-refractivity contribution is 0.286. The molecule has 2 heterocycles. The summed E-state index contributed by atoms with van der Waals surface area (Å²) in [7, 11) is 0. The van der Waals surface area contributed by atoms with Gasteiger partial charge in [-0.25, -0.2) is 9.37 Å². The van der Waals surface area contributed by atoms with E-state index in [0.717, 1.165) is 16.9 Å². The Morgan fingerprint density at radius 2 is 2.15 bits per heavy atom. The van der Waals surface area contributed by atoms with Crippen molar-refractivity contribution < 1.29 is 9.13 Å². The molecule has 0 saturated carbocycles. The maximum absolute atomic E-state index is 13.7. The van der Waals surface area contributed by atoms with E-state index in [-0.39, 0.29) is 18.2 Å². The Bertz CT molecular complexity index is 709. The van der Waals surface area contributed by atoms with E-state index in [4.69, 9.17) is 16.3 Å². The third kappa shape index (κ3) is 2.60. The molecule has 1 aromatic carbocycles. The number of benzene rings is 1. The van der Waals surface area contributed by atoms with E-state index in [1.165, 1.54) is 6.07 Å². The topological polar surface area (TPSA) is 26.5 Å². The highest BCUT2D eigenvalue weighted by Gasteiger charge is 2.07. The van der Waals surface area contributed by atoms with Crippen LogP contribution in [0.3, 0.4) is 0 Å². The molecule has 0 amide bonds. The second-order valence-corrected chi connectivity index (χ2v) is 4.65. The number of fused-ring (bicyclic) bond motifs is 1. The number of hydrogen-bond donors (Lipinski definition) is 0. The summed E-state index contributed by atoms with van der Waals surface area (Å²) in [6, 6.07) is 10.4. The molecule has 102 valence electrons. The number of nitrogens with zero attached hydrogens (tertiary/aromatic N) is 2. The van der Waals surface area contributed by atoms with Crippen molar-refractivity contribution in [3.63, 3.8) is 0 Å². The van der Waals surface area contributed by atoms with Gasteiger partial charge in [-0.3, -0.25) is 0 Å². The SMILES string of the molecule is Fc1cc(CCl)ccc1OCc1cn2ccccc2n1. The highest BCUT2D eigenvalue weighted by molar-refractivity contribution is 6.17. The van der Waals surface area contributed by atoms with Crippen LogP contribution < -0.4 is 4.74 Å². The minimum atomic E-state index is -0.410. The molecule has 0 aliphatic rings. The molecule has 0 N–H and O–H groups in total. The minimum absolute atomic E-state index is 0.205. The molecule has 0 bridgehead atoms. The first-order chi connectivity index (χ1) is 9.76. The van der Waals surface area contributed by atoms with E-state index in [1.807, 2.05) is 35.0 Å². The van der Waals surface area contributed by atoms with Crippen LogP contribution in [-0.2, 0) is 12.5 Å². The summed E-state index contributed by atoms with van der Waals surface area (Å²) in [6.07, 6.45) is 3.77. The molecule has 0 spiro atoms. The number of aromatic nitrogens is 2. The number of halogens is 2. The molecule has 2 aromatic heterocycles. The van der Waals surface area contributed by atoms with Gasteiger partial charge in [-0.1, -0.05) is 12.1 Å². The lowest BCUT2D eigenvalue weighted by Gasteiger charge is -2.06. The van der Waals surface area contributed by atoms with Crippen molar-refractivity contribution in [2.45, 2.75) is 12.5 Å². The zero-order chi connectivity index (χ0) is 13.9. The molecular weight excluding hydrogens is 279 g/mol. The van der Waals surface area contributed by atoms with Crippen molar-refractivity contribution in [3.8, 4) is 5.75 Å². The number of hydrogen-bond acceptors (Lipinski definition) is 2. The van der Waals surface area contributed by atoms with Gasteiger partial charge in [0.25, 0.3) is 0 Å². The summed E-state index contributed by atoms with van der Waals surface area (Å²) in [5, 5.41) is 0. The third-order valence-electron chi connectivity index (χ3n) is 2.94. The molecule has 3 aromatic rings. The maximum Gasteiger partial charge on any atom is 0.165 e. The molecule has 0 saturated heterocycles. The number of imidazole rings is 1. The average Bonchev–Trinajstić information content (AvgIpc) is 2.88. The fourth-order valence-corrected chi connectivity index (χ4v) is 2.12. The van der Waals surface area contributed by atoms with Crippen LogP contribution in [0.25, 0.3) is 5.65 Å². The van der Waals surface area contributed by atoms with E-state index < -0.39 is 5.82 Å². The van der Waals surface area contributed by atoms with Gasteiger partial charge in [0.2, 0.25) is 0 Å². The van der Waals surface area contributed by atoms with Crippen molar-refractivity contribution in [1.29, 1.82) is 0 Å². The van der Waals surface area contributed by atoms with Gasteiger partial charge in [-0.2, -0.15) is 0 Å². The van der Waals surface area contributed by atoms with Gasteiger partial charge in [0.15, 0.2) is 11.6 Å². The normalized spacial score (nSPS) is 10.9. The lowest BCUT2D eigenvalue weighted by atomic mass is 10.2. The van der Waals surface area contributed by atoms with Gasteiger partial charge in [0.05, 0.1) is 5.69 Å². The number of alkyl halides is 1. The van der Waals surface area contributed by atoms with Crippen LogP contribution in [0.1, 0.15) is 11.3 Å². The molecule has 3 nitrogen and oxygen atoms in total. The molecule has 5 heteroatoms. The van der Waals surface area contributed by atoms with Crippen molar-refractivity contribution in [2.75, 3.05) is 0 Å². The fraction of sp³-hybridized carbons (Fsp3) is 0.133. The number of rotatable bonds is 4. The van der Waals surface area contributed by atoms with Crippen LogP contribution in [0.5, 0.6) is 5.75 Å². The smallest absolute Gasteiger partial charge is 0.165 e. The Morgan fingerprint density at radius 3 is 2.90 bits per heavy atom. The minimum Gasteiger partial charge on any atom is -0.484 e. The molecule has 3 rings (SSSR count). The van der Waals surface area contributed by atoms with E-state index in [0.29, 0.717) is 0 Å². The van der Waals surface area contributed by atoms with Gasteiger partial charge in [0.1, 0.15) is 12.3 Å². The highest BCUT2D eigenvalue weighted by Crippen LogP contribution is 2.20. The van der Waals surface area contributed by atoms with Crippen molar-refractivity contribution in [3.05, 3.63) is 65.9 Å². The van der Waals surface area contributed by atoms with Crippen LogP contribution in [0, 0.1) is 5.82 Å². The van der Waals surface area contributed by atoms with Crippen LogP contribution in [-0.4, -0.2) is 9.38 Å². The summed E-state index contributed by atoms with van der Waals surface area (Å²) >= 11 is 5.65. The van der Waals surface area contributed by atoms with Gasteiger partial charge in [-0.15, -0.1) is 11.6 Å². The average molecular weight is 291 g/mol. The zero-order valence-corrected chi connectivity index (χ0v) is 11.3. The van der Waals surface area contributed by atoms with E-state index in [2.05, 4.69) is 4.98 Å². The third-order valence-corrected chi connectivity index (χ3v) is 3.25. The zero-order valence-electron chi connectivity index (χ0n) is 10.6. The van der Waals surface area contributed by atoms with Crippen LogP contribution in [0.4, 0.5) is 4.39 Å². The Hall–Kier alpha value is -2.07. The van der Waals surface area contributed by atoms with Crippen molar-refractivity contribution >= 4 is 17.2 Å². The second kappa shape index (κ2) is 5.51. The molecule has 0 fully saturated rings. The first kappa shape index (κ1) is 12.9. The van der Waals surface area contributed by atoms with Crippen LogP contribution in [0.2, 0.25) is 0 Å². The molecule has 0 radical (unpaired) electrons. The summed E-state index contributed by atoms with van der Waals surface area (Å²) < 4.78 is 21.1. The summed E-state index contributed by atoms with van der Waals surface area (Å²) in [4.78, 5) is 4.39. The number of ether oxygens (including phenoxy) is 1. The Morgan fingerprint density at radius 1 is 1.25 bits per heavy atom. The molecule has 0 aliphatic heterocycles. The Kier molecular flexibility index (Phi) is 3.56. The highest BCUT2D eigenvalue weighted by atomic mass is 35.5. The standard InChI is InChI=1S/C15H12ClFN2O/c16-8-11-4-5-14(13(17)7-11)20-10-12-9-19-6-2-1-3-15(19)18-12/h1-7,9H,8,10H2. The first-order valence-electron chi connectivity index (χ1n) is 6.16. The molecule has 20 heavy (non-hydrogen) atoms. The second-order valence-electron chi connectivity index (χ2n) is 4.39. The van der Waals surface area contributed by atoms with Gasteiger partial charge in [0, 0.05) is 18.3 Å². The lowest BCUT2D eigenvalue weighted by Crippen LogP contribution is -1.98. The quantitative estimate of drug-likeness (QED) is 0.683. The van der Waals surface area contributed by atoms with E-state index in [9.17, 15) is 4.39 Å². The van der Waals surface area contributed by atoms with Crippen molar-refractivity contribution in [2.24, 2.45) is 0 Å². The molecule has 0 unspecified atom stereocenters. The molecule has 0 aliphatic carbocycles. The van der Waals surface area contributed by atoms with E-state index >= 15 is 0 Å². The van der Waals surface area contributed by atoms with Crippen LogP contribution in [0.15, 0.2) is 48.8 Å². The Balaban J connectivity index is 1.75. The molecule has 0 atom stereocenters. The van der Waals surface area contributed by atoms with Gasteiger partial charge >= 0.3 is 0 Å². The predicted octanol–water partition coefficient (Wildman–Crippen LogP) is 3.79. The van der Waals surface area contributed by atoms with E-state index in [1.54, 1.807) is 12.1 Å². The molecular formula is C15H12ClFN2O. The van der Waals surface area contributed by atoms with Gasteiger partial charge < -0.3 is 9.14 Å². The monoisotopic (exact) mass is 290 g/mol. The van der Waals surface area contributed by atoms with Gasteiger partial charge in [-0.05, 0) is 29.8 Å². The van der Waals surface area contributed by atoms with Crippen LogP contribution >= 0.6 is 11.6 Å². The van der Waals surface area contributed by atoms with Crippen molar-refractivity contribution in [1.82, 2.24) is 9.38 Å². The summed E-state index contributed by atoms with van der Waals surface area (Å²) in [5.41, 5.74) is 2.31. The Labute approximate surface area is 120 Å². The summed E-state index contributed by atoms with van der Waals surface area (Å²) in [5.74, 6) is 0.0757. The first-order valence-corrected chi connectivity index (χ1v) is 6.69. The fourth-order valence-electron chi connectivity index (χ4n) is 1.95. The number of pyridine rings is 1. The predicted molar refractivity (Wildman–Crippen MR) is 75.5 cm³/mol. The largest absolute Gasteiger partial charge is 0.484 e. The maximum atomic E-state index is 13.7.